The van der Waals surface area contributed by atoms with Crippen LogP contribution < -0.4 is 4.74 Å². The van der Waals surface area contributed by atoms with Gasteiger partial charge in [-0.1, -0.05) is 31.5 Å². The maximum atomic E-state index is 10.2. The Hall–Kier alpha value is -1.02. The molecule has 1 aromatic rings. The molecule has 0 aliphatic heterocycles. The summed E-state index contributed by atoms with van der Waals surface area (Å²) in [7, 11) is 1.63. The van der Waals surface area contributed by atoms with Crippen molar-refractivity contribution in [1.29, 1.82) is 0 Å². The second-order valence-corrected chi connectivity index (χ2v) is 3.72. The number of aliphatic hydroxyl groups is 1. The number of para-hydroxylation sites is 1. The molecule has 1 aromatic carbocycles. The van der Waals surface area contributed by atoms with Crippen molar-refractivity contribution in [3.05, 3.63) is 29.8 Å². The van der Waals surface area contributed by atoms with Crippen LogP contribution in [-0.2, 0) is 5.60 Å². The average Bonchev–Trinajstić information content (AvgIpc) is 2.18. The zero-order valence-corrected chi connectivity index (χ0v) is 9.08. The minimum absolute atomic E-state index is 0.743. The maximum absolute atomic E-state index is 10.2. The molecule has 1 atom stereocenters. The first-order valence-corrected chi connectivity index (χ1v) is 4.97. The van der Waals surface area contributed by atoms with E-state index in [0.29, 0.717) is 0 Å². The normalized spacial score (nSPS) is 14.9. The fraction of sp³-hybridized carbons (Fsp3) is 0.500. The number of hydrogen-bond donors (Lipinski definition) is 1. The van der Waals surface area contributed by atoms with Crippen molar-refractivity contribution < 1.29 is 9.84 Å². The molecule has 0 spiro atoms. The Morgan fingerprint density at radius 2 is 2.00 bits per heavy atom. The summed E-state index contributed by atoms with van der Waals surface area (Å²) in [5, 5.41) is 10.2. The number of methoxy groups -OCH3 is 1. The van der Waals surface area contributed by atoms with Crippen LogP contribution in [0, 0.1) is 0 Å². The fourth-order valence-electron chi connectivity index (χ4n) is 1.71. The first-order chi connectivity index (χ1) is 6.61. The molecule has 78 valence electrons. The first kappa shape index (κ1) is 11.1. The van der Waals surface area contributed by atoms with Crippen LogP contribution in [0.4, 0.5) is 0 Å². The molecule has 2 nitrogen and oxygen atoms in total. The summed E-state index contributed by atoms with van der Waals surface area (Å²) in [6.45, 7) is 3.89. The molecule has 0 saturated heterocycles. The minimum Gasteiger partial charge on any atom is -0.496 e. The molecular weight excluding hydrogens is 176 g/mol. The molecule has 14 heavy (non-hydrogen) atoms. The molecule has 0 heterocycles. The van der Waals surface area contributed by atoms with Crippen LogP contribution in [0.3, 0.4) is 0 Å². The number of benzene rings is 1. The lowest BCUT2D eigenvalue weighted by Crippen LogP contribution is -2.21. The molecule has 0 amide bonds. The number of hydrogen-bond acceptors (Lipinski definition) is 2. The van der Waals surface area contributed by atoms with Gasteiger partial charge in [0.25, 0.3) is 0 Å². The van der Waals surface area contributed by atoms with Crippen LogP contribution in [0.5, 0.6) is 5.75 Å². The van der Waals surface area contributed by atoms with Gasteiger partial charge in [-0.15, -0.1) is 0 Å². The second-order valence-electron chi connectivity index (χ2n) is 3.72. The first-order valence-electron chi connectivity index (χ1n) is 4.97. The van der Waals surface area contributed by atoms with Crippen molar-refractivity contribution in [2.75, 3.05) is 7.11 Å². The Balaban J connectivity index is 3.04. The summed E-state index contributed by atoms with van der Waals surface area (Å²) < 4.78 is 5.22. The molecular formula is C12H18O2. The van der Waals surface area contributed by atoms with Crippen molar-refractivity contribution in [1.82, 2.24) is 0 Å². The van der Waals surface area contributed by atoms with E-state index in [2.05, 4.69) is 6.92 Å². The van der Waals surface area contributed by atoms with Crippen molar-refractivity contribution >= 4 is 0 Å². The Bertz CT molecular complexity index is 292. The topological polar surface area (TPSA) is 29.5 Å². The van der Waals surface area contributed by atoms with E-state index in [1.807, 2.05) is 31.2 Å². The molecule has 0 fully saturated rings. The molecule has 2 heteroatoms. The molecule has 0 aliphatic carbocycles. The molecule has 0 aromatic heterocycles. The van der Waals surface area contributed by atoms with E-state index in [-0.39, 0.29) is 0 Å². The molecule has 0 aliphatic rings. The standard InChI is InChI=1S/C12H18O2/c1-4-9-12(2,13)10-7-5-6-8-11(10)14-3/h5-8,13H,4,9H2,1-3H3. The van der Waals surface area contributed by atoms with Crippen molar-refractivity contribution in [2.24, 2.45) is 0 Å². The predicted molar refractivity (Wildman–Crippen MR) is 57.5 cm³/mol. The minimum atomic E-state index is -0.790. The van der Waals surface area contributed by atoms with E-state index in [1.165, 1.54) is 0 Å². The smallest absolute Gasteiger partial charge is 0.124 e. The highest BCUT2D eigenvalue weighted by Gasteiger charge is 2.24. The Kier molecular flexibility index (Phi) is 3.53. The van der Waals surface area contributed by atoms with Crippen molar-refractivity contribution in [2.45, 2.75) is 32.3 Å². The second kappa shape index (κ2) is 4.47. The van der Waals surface area contributed by atoms with E-state index in [1.54, 1.807) is 7.11 Å². The summed E-state index contributed by atoms with van der Waals surface area (Å²) >= 11 is 0. The largest absolute Gasteiger partial charge is 0.496 e. The summed E-state index contributed by atoms with van der Waals surface area (Å²) in [5.74, 6) is 0.756. The highest BCUT2D eigenvalue weighted by molar-refractivity contribution is 5.37. The Labute approximate surface area is 85.5 Å². The molecule has 1 rings (SSSR count). The van der Waals surface area contributed by atoms with Gasteiger partial charge in [-0.05, 0) is 19.4 Å². The van der Waals surface area contributed by atoms with Gasteiger partial charge in [-0.3, -0.25) is 0 Å². The number of rotatable bonds is 4. The van der Waals surface area contributed by atoms with Crippen LogP contribution >= 0.6 is 0 Å². The maximum Gasteiger partial charge on any atom is 0.124 e. The summed E-state index contributed by atoms with van der Waals surface area (Å²) in [4.78, 5) is 0. The van der Waals surface area contributed by atoms with Gasteiger partial charge < -0.3 is 9.84 Å². The van der Waals surface area contributed by atoms with Gasteiger partial charge >= 0.3 is 0 Å². The lowest BCUT2D eigenvalue weighted by atomic mass is 9.91. The van der Waals surface area contributed by atoms with Crippen LogP contribution in [0.2, 0.25) is 0 Å². The van der Waals surface area contributed by atoms with Crippen LogP contribution in [0.15, 0.2) is 24.3 Å². The monoisotopic (exact) mass is 194 g/mol. The van der Waals surface area contributed by atoms with Gasteiger partial charge in [0.05, 0.1) is 12.7 Å². The van der Waals surface area contributed by atoms with Gasteiger partial charge in [0.1, 0.15) is 5.75 Å². The summed E-state index contributed by atoms with van der Waals surface area (Å²) in [5.41, 5.74) is 0.0748. The molecule has 0 bridgehead atoms. The van der Waals surface area contributed by atoms with E-state index in [4.69, 9.17) is 4.74 Å². The van der Waals surface area contributed by atoms with Gasteiger partial charge in [0.15, 0.2) is 0 Å². The molecule has 1 unspecified atom stereocenters. The number of ether oxygens (including phenoxy) is 1. The van der Waals surface area contributed by atoms with Gasteiger partial charge in [0.2, 0.25) is 0 Å². The van der Waals surface area contributed by atoms with E-state index in [9.17, 15) is 5.11 Å². The van der Waals surface area contributed by atoms with E-state index >= 15 is 0 Å². The summed E-state index contributed by atoms with van der Waals surface area (Å²) in [6, 6.07) is 7.61. The highest BCUT2D eigenvalue weighted by Crippen LogP contribution is 2.32. The third kappa shape index (κ3) is 2.26. The molecule has 0 saturated carbocycles. The van der Waals surface area contributed by atoms with Gasteiger partial charge in [-0.2, -0.15) is 0 Å². The zero-order chi connectivity index (χ0) is 10.6. The lowest BCUT2D eigenvalue weighted by molar-refractivity contribution is 0.0445. The quantitative estimate of drug-likeness (QED) is 0.798. The SMILES string of the molecule is CCCC(C)(O)c1ccccc1OC. The third-order valence-corrected chi connectivity index (χ3v) is 2.42. The molecule has 0 radical (unpaired) electrons. The van der Waals surface area contributed by atoms with Crippen LogP contribution in [0.1, 0.15) is 32.3 Å². The zero-order valence-electron chi connectivity index (χ0n) is 9.08. The van der Waals surface area contributed by atoms with Crippen molar-refractivity contribution in [3.63, 3.8) is 0 Å². The lowest BCUT2D eigenvalue weighted by Gasteiger charge is -2.25. The van der Waals surface area contributed by atoms with Crippen molar-refractivity contribution in [3.8, 4) is 5.75 Å². The van der Waals surface area contributed by atoms with E-state index in [0.717, 1.165) is 24.2 Å². The third-order valence-electron chi connectivity index (χ3n) is 2.42. The summed E-state index contributed by atoms with van der Waals surface area (Å²) in [6.07, 6.45) is 1.69. The average molecular weight is 194 g/mol. The predicted octanol–water partition coefficient (Wildman–Crippen LogP) is 2.70. The van der Waals surface area contributed by atoms with Crippen LogP contribution in [-0.4, -0.2) is 12.2 Å². The fourth-order valence-corrected chi connectivity index (χ4v) is 1.71. The van der Waals surface area contributed by atoms with Gasteiger partial charge in [0, 0.05) is 5.56 Å². The Morgan fingerprint density at radius 1 is 1.36 bits per heavy atom. The highest BCUT2D eigenvalue weighted by atomic mass is 16.5. The van der Waals surface area contributed by atoms with Crippen LogP contribution in [0.25, 0.3) is 0 Å². The molecule has 1 N–H and O–H groups in total. The van der Waals surface area contributed by atoms with Gasteiger partial charge in [-0.25, -0.2) is 0 Å². The van der Waals surface area contributed by atoms with E-state index < -0.39 is 5.60 Å². The Morgan fingerprint density at radius 3 is 2.57 bits per heavy atom.